The third-order valence-electron chi connectivity index (χ3n) is 3.79. The minimum Gasteiger partial charge on any atom is -0.444 e. The average Bonchev–Trinajstić information content (AvgIpc) is 2.69. The summed E-state index contributed by atoms with van der Waals surface area (Å²) in [5, 5.41) is 0. The topological polar surface area (TPSA) is 46.6 Å². The molecule has 1 saturated heterocycles. The van der Waals surface area contributed by atoms with Gasteiger partial charge in [-0.3, -0.25) is 9.69 Å². The number of likely N-dealkylation sites (tertiary alicyclic amines) is 1. The van der Waals surface area contributed by atoms with E-state index in [1.807, 2.05) is 34.6 Å². The van der Waals surface area contributed by atoms with Gasteiger partial charge in [-0.25, -0.2) is 4.79 Å². The lowest BCUT2D eigenvalue weighted by Crippen LogP contribution is -2.47. The molecule has 0 spiro atoms. The van der Waals surface area contributed by atoms with E-state index in [0.717, 1.165) is 6.42 Å². The molecule has 0 aromatic heterocycles. The van der Waals surface area contributed by atoms with Crippen LogP contribution in [0.1, 0.15) is 54.9 Å². The predicted octanol–water partition coefficient (Wildman–Crippen LogP) is 3.49. The maximum absolute atomic E-state index is 12.5. The van der Waals surface area contributed by atoms with Crippen LogP contribution in [0.3, 0.4) is 0 Å². The van der Waals surface area contributed by atoms with Gasteiger partial charge in [-0.15, -0.1) is 0 Å². The van der Waals surface area contributed by atoms with Crippen molar-refractivity contribution < 1.29 is 14.3 Å². The molecule has 0 aliphatic carbocycles. The van der Waals surface area contributed by atoms with Gasteiger partial charge in [0.2, 0.25) is 0 Å². The van der Waals surface area contributed by atoms with Gasteiger partial charge in [-0.1, -0.05) is 27.7 Å². The van der Waals surface area contributed by atoms with Crippen LogP contribution in [0.15, 0.2) is 0 Å². The van der Waals surface area contributed by atoms with Gasteiger partial charge in [0, 0.05) is 12.5 Å². The maximum atomic E-state index is 12.5. The largest absolute Gasteiger partial charge is 0.444 e. The zero-order valence-electron chi connectivity index (χ0n) is 13.9. The van der Waals surface area contributed by atoms with Crippen LogP contribution < -0.4 is 0 Å². The molecule has 4 nitrogen and oxygen atoms in total. The molecular formula is C16H29NO3. The highest BCUT2D eigenvalue weighted by molar-refractivity contribution is 5.89. The van der Waals surface area contributed by atoms with E-state index in [-0.39, 0.29) is 29.8 Å². The molecule has 1 aliphatic heterocycles. The third kappa shape index (κ3) is 3.97. The highest BCUT2D eigenvalue weighted by Crippen LogP contribution is 2.33. The van der Waals surface area contributed by atoms with Crippen LogP contribution in [0.5, 0.6) is 0 Å². The van der Waals surface area contributed by atoms with E-state index in [9.17, 15) is 9.59 Å². The predicted molar refractivity (Wildman–Crippen MR) is 79.5 cm³/mol. The van der Waals surface area contributed by atoms with Crippen LogP contribution in [0.4, 0.5) is 4.79 Å². The molecule has 2 atom stereocenters. The lowest BCUT2D eigenvalue weighted by Gasteiger charge is -2.31. The summed E-state index contributed by atoms with van der Waals surface area (Å²) in [5.41, 5.74) is -0.529. The summed E-state index contributed by atoms with van der Waals surface area (Å²) in [6.07, 6.45) is 0.514. The molecule has 0 saturated carbocycles. The Labute approximate surface area is 122 Å². The van der Waals surface area contributed by atoms with E-state index in [1.54, 1.807) is 4.90 Å². The lowest BCUT2D eigenvalue weighted by atomic mass is 9.84. The van der Waals surface area contributed by atoms with E-state index in [1.165, 1.54) is 0 Å². The van der Waals surface area contributed by atoms with Crippen molar-refractivity contribution in [1.82, 2.24) is 4.90 Å². The molecule has 1 heterocycles. The Balaban J connectivity index is 2.94. The van der Waals surface area contributed by atoms with Crippen molar-refractivity contribution in [2.75, 3.05) is 6.54 Å². The Morgan fingerprint density at radius 2 is 1.70 bits per heavy atom. The summed E-state index contributed by atoms with van der Waals surface area (Å²) in [5.74, 6) is 0.698. The van der Waals surface area contributed by atoms with Crippen molar-refractivity contribution in [1.29, 1.82) is 0 Å². The molecular weight excluding hydrogens is 254 g/mol. The SMILES string of the molecule is CC(C)C(=O)[C@H]1[C@@H](C(C)C)CCN1C(=O)OC(C)(C)C. The fourth-order valence-electron chi connectivity index (χ4n) is 2.75. The van der Waals surface area contributed by atoms with Crippen molar-refractivity contribution in [3.63, 3.8) is 0 Å². The molecule has 1 aliphatic rings. The number of ether oxygens (including phenoxy) is 1. The molecule has 0 aromatic carbocycles. The smallest absolute Gasteiger partial charge is 0.410 e. The van der Waals surface area contributed by atoms with E-state index < -0.39 is 5.60 Å². The number of rotatable bonds is 3. The molecule has 20 heavy (non-hydrogen) atoms. The fraction of sp³-hybridized carbons (Fsp3) is 0.875. The molecule has 0 radical (unpaired) electrons. The van der Waals surface area contributed by atoms with Crippen molar-refractivity contribution in [3.05, 3.63) is 0 Å². The Bertz CT molecular complexity index is 368. The number of Topliss-reactive ketones (excluding diaryl/α,β-unsaturated/α-hetero) is 1. The van der Waals surface area contributed by atoms with Gasteiger partial charge in [0.25, 0.3) is 0 Å². The Morgan fingerprint density at radius 3 is 2.10 bits per heavy atom. The van der Waals surface area contributed by atoms with E-state index >= 15 is 0 Å². The van der Waals surface area contributed by atoms with Gasteiger partial charge >= 0.3 is 6.09 Å². The Kier molecular flexibility index (Phi) is 5.22. The summed E-state index contributed by atoms with van der Waals surface area (Å²) < 4.78 is 5.44. The molecule has 116 valence electrons. The van der Waals surface area contributed by atoms with E-state index in [4.69, 9.17) is 4.74 Å². The second-order valence-corrected chi connectivity index (χ2v) is 7.37. The number of carbonyl (C=O) groups is 2. The minimum absolute atomic E-state index is 0.0655. The van der Waals surface area contributed by atoms with Gasteiger partial charge in [0.15, 0.2) is 5.78 Å². The number of carbonyl (C=O) groups excluding carboxylic acids is 2. The van der Waals surface area contributed by atoms with Gasteiger partial charge in [0.05, 0.1) is 6.04 Å². The molecule has 0 aromatic rings. The van der Waals surface area contributed by atoms with Crippen LogP contribution in [-0.2, 0) is 9.53 Å². The second kappa shape index (κ2) is 6.15. The summed E-state index contributed by atoms with van der Waals surface area (Å²) in [7, 11) is 0. The first-order valence-electron chi connectivity index (χ1n) is 7.58. The zero-order valence-corrected chi connectivity index (χ0v) is 13.9. The fourth-order valence-corrected chi connectivity index (χ4v) is 2.75. The number of nitrogens with zero attached hydrogens (tertiary/aromatic N) is 1. The summed E-state index contributed by atoms with van der Waals surface area (Å²) in [4.78, 5) is 26.4. The lowest BCUT2D eigenvalue weighted by molar-refractivity contribution is -0.127. The van der Waals surface area contributed by atoms with Gasteiger partial charge in [-0.2, -0.15) is 0 Å². The van der Waals surface area contributed by atoms with E-state index in [2.05, 4.69) is 13.8 Å². The number of hydrogen-bond donors (Lipinski definition) is 0. The molecule has 1 fully saturated rings. The average molecular weight is 283 g/mol. The minimum atomic E-state index is -0.529. The monoisotopic (exact) mass is 283 g/mol. The van der Waals surface area contributed by atoms with Crippen molar-refractivity contribution >= 4 is 11.9 Å². The number of amides is 1. The van der Waals surface area contributed by atoms with Crippen molar-refractivity contribution in [2.45, 2.75) is 66.5 Å². The van der Waals surface area contributed by atoms with E-state index in [0.29, 0.717) is 12.5 Å². The third-order valence-corrected chi connectivity index (χ3v) is 3.79. The first-order valence-corrected chi connectivity index (χ1v) is 7.58. The first kappa shape index (κ1) is 17.0. The Hall–Kier alpha value is -1.06. The highest BCUT2D eigenvalue weighted by atomic mass is 16.6. The van der Waals surface area contributed by atoms with Crippen LogP contribution in [-0.4, -0.2) is 35.0 Å². The maximum Gasteiger partial charge on any atom is 0.410 e. The molecule has 0 N–H and O–H groups in total. The summed E-state index contributed by atoms with van der Waals surface area (Å²) >= 11 is 0. The standard InChI is InChI=1S/C16H29NO3/c1-10(2)12-8-9-17(13(12)14(18)11(3)4)15(19)20-16(5,6)7/h10-13H,8-9H2,1-7H3/t12-,13-/m1/s1. The van der Waals surface area contributed by atoms with Gasteiger partial charge in [-0.05, 0) is 39.0 Å². The van der Waals surface area contributed by atoms with Gasteiger partial charge in [0.1, 0.15) is 5.60 Å². The van der Waals surface area contributed by atoms with Crippen LogP contribution >= 0.6 is 0 Å². The van der Waals surface area contributed by atoms with Gasteiger partial charge < -0.3 is 4.74 Å². The number of hydrogen-bond acceptors (Lipinski definition) is 3. The summed E-state index contributed by atoms with van der Waals surface area (Å²) in [6.45, 7) is 14.2. The molecule has 0 bridgehead atoms. The quantitative estimate of drug-likeness (QED) is 0.796. The Morgan fingerprint density at radius 1 is 1.15 bits per heavy atom. The zero-order chi connectivity index (χ0) is 15.7. The molecule has 0 unspecified atom stereocenters. The molecule has 4 heteroatoms. The van der Waals surface area contributed by atoms with Crippen LogP contribution in [0.25, 0.3) is 0 Å². The second-order valence-electron chi connectivity index (χ2n) is 7.37. The summed E-state index contributed by atoms with van der Waals surface area (Å²) in [6, 6.07) is -0.329. The van der Waals surface area contributed by atoms with Crippen molar-refractivity contribution in [2.24, 2.45) is 17.8 Å². The van der Waals surface area contributed by atoms with Crippen LogP contribution in [0, 0.1) is 17.8 Å². The normalized spacial score (nSPS) is 23.6. The first-order chi connectivity index (χ1) is 9.04. The molecule has 1 rings (SSSR count). The highest BCUT2D eigenvalue weighted by Gasteiger charge is 2.44. The number of ketones is 1. The van der Waals surface area contributed by atoms with Crippen LogP contribution in [0.2, 0.25) is 0 Å². The molecule has 1 amide bonds. The van der Waals surface area contributed by atoms with Crippen molar-refractivity contribution in [3.8, 4) is 0 Å².